The van der Waals surface area contributed by atoms with Crippen LogP contribution >= 0.6 is 27.7 Å². The predicted octanol–water partition coefficient (Wildman–Crippen LogP) is 6.45. The molecule has 1 saturated heterocycles. The Balaban J connectivity index is 1.35. The largest absolute Gasteiger partial charge is 0.490 e. The molecule has 1 aliphatic heterocycles. The summed E-state index contributed by atoms with van der Waals surface area (Å²) in [6, 6.07) is 22.8. The van der Waals surface area contributed by atoms with Gasteiger partial charge in [0.15, 0.2) is 0 Å². The molecule has 33 heavy (non-hydrogen) atoms. The highest BCUT2D eigenvalue weighted by Crippen LogP contribution is 2.33. The summed E-state index contributed by atoms with van der Waals surface area (Å²) in [5.74, 6) is 1.19. The Hall–Kier alpha value is -3.03. The highest BCUT2D eigenvalue weighted by molar-refractivity contribution is 9.10. The van der Waals surface area contributed by atoms with E-state index in [4.69, 9.17) is 9.47 Å². The molecule has 0 bridgehead atoms. The Morgan fingerprint density at radius 2 is 1.61 bits per heavy atom. The van der Waals surface area contributed by atoms with Gasteiger partial charge in [0.25, 0.3) is 11.1 Å². The topological polar surface area (TPSA) is 55.8 Å². The van der Waals surface area contributed by atoms with Crippen LogP contribution in [0.5, 0.6) is 11.5 Å². The summed E-state index contributed by atoms with van der Waals surface area (Å²) >= 11 is 4.34. The van der Waals surface area contributed by atoms with E-state index in [1.54, 1.807) is 6.08 Å². The SMILES string of the molecule is Cc1ccc(OCCOc2cccc(/C=C3\SC(=O)N(Cc4ccc(Br)cc4)C3=O)c2)cc1. The van der Waals surface area contributed by atoms with Crippen LogP contribution in [0.2, 0.25) is 0 Å². The number of hydrogen-bond acceptors (Lipinski definition) is 5. The molecule has 7 heteroatoms. The van der Waals surface area contributed by atoms with Crippen LogP contribution in [0.1, 0.15) is 16.7 Å². The molecule has 0 unspecified atom stereocenters. The molecule has 0 aromatic heterocycles. The van der Waals surface area contributed by atoms with Gasteiger partial charge in [-0.1, -0.05) is 57.9 Å². The highest BCUT2D eigenvalue weighted by atomic mass is 79.9. The summed E-state index contributed by atoms with van der Waals surface area (Å²) in [7, 11) is 0. The van der Waals surface area contributed by atoms with E-state index in [0.717, 1.165) is 33.1 Å². The number of rotatable bonds is 8. The maximum atomic E-state index is 12.8. The summed E-state index contributed by atoms with van der Waals surface area (Å²) in [4.78, 5) is 26.9. The summed E-state index contributed by atoms with van der Waals surface area (Å²) in [5.41, 5.74) is 2.87. The smallest absolute Gasteiger partial charge is 0.293 e. The van der Waals surface area contributed by atoms with Crippen molar-refractivity contribution >= 4 is 44.9 Å². The van der Waals surface area contributed by atoms with E-state index >= 15 is 0 Å². The van der Waals surface area contributed by atoms with Crippen molar-refractivity contribution in [2.75, 3.05) is 13.2 Å². The monoisotopic (exact) mass is 523 g/mol. The van der Waals surface area contributed by atoms with E-state index in [1.165, 1.54) is 10.5 Å². The van der Waals surface area contributed by atoms with Crippen molar-refractivity contribution in [1.29, 1.82) is 0 Å². The third-order valence-electron chi connectivity index (χ3n) is 4.93. The molecule has 1 fully saturated rings. The van der Waals surface area contributed by atoms with Crippen molar-refractivity contribution in [3.8, 4) is 11.5 Å². The first-order chi connectivity index (χ1) is 16.0. The van der Waals surface area contributed by atoms with Crippen molar-refractivity contribution < 1.29 is 19.1 Å². The number of benzene rings is 3. The van der Waals surface area contributed by atoms with Gasteiger partial charge in [-0.15, -0.1) is 0 Å². The molecule has 0 saturated carbocycles. The normalized spacial score (nSPS) is 14.7. The van der Waals surface area contributed by atoms with Gasteiger partial charge in [0.05, 0.1) is 11.4 Å². The third kappa shape index (κ3) is 6.27. The minimum atomic E-state index is -0.286. The van der Waals surface area contributed by atoms with Gasteiger partial charge in [-0.2, -0.15) is 0 Å². The third-order valence-corrected chi connectivity index (χ3v) is 6.36. The first kappa shape index (κ1) is 23.1. The Bertz CT molecular complexity index is 1180. The molecule has 0 spiro atoms. The number of hydrogen-bond donors (Lipinski definition) is 0. The van der Waals surface area contributed by atoms with Gasteiger partial charge in [0.1, 0.15) is 24.7 Å². The van der Waals surface area contributed by atoms with E-state index in [-0.39, 0.29) is 17.7 Å². The second-order valence-electron chi connectivity index (χ2n) is 7.48. The fourth-order valence-corrected chi connectivity index (χ4v) is 4.31. The molecule has 0 atom stereocenters. The zero-order valence-corrected chi connectivity index (χ0v) is 20.4. The maximum Gasteiger partial charge on any atom is 0.293 e. The van der Waals surface area contributed by atoms with Crippen LogP contribution in [-0.2, 0) is 11.3 Å². The number of thioether (sulfide) groups is 1. The standard InChI is InChI=1S/C26H22BrNO4S/c1-18-5-11-22(12-6-18)31-13-14-32-23-4-2-3-20(15-23)16-24-25(29)28(26(30)33-24)17-19-7-9-21(27)10-8-19/h2-12,15-16H,13-14,17H2,1H3/b24-16-. The summed E-state index contributed by atoms with van der Waals surface area (Å²) < 4.78 is 12.4. The number of carbonyl (C=O) groups excluding carboxylic acids is 2. The summed E-state index contributed by atoms with van der Waals surface area (Å²) in [6.07, 6.45) is 1.72. The van der Waals surface area contributed by atoms with Gasteiger partial charge in [-0.05, 0) is 72.3 Å². The summed E-state index contributed by atoms with van der Waals surface area (Å²) in [6.45, 7) is 3.09. The highest BCUT2D eigenvalue weighted by Gasteiger charge is 2.34. The average molecular weight is 524 g/mol. The zero-order valence-electron chi connectivity index (χ0n) is 18.0. The molecular weight excluding hydrogens is 502 g/mol. The summed E-state index contributed by atoms with van der Waals surface area (Å²) in [5, 5.41) is -0.269. The van der Waals surface area contributed by atoms with Crippen molar-refractivity contribution in [3.05, 3.63) is 98.9 Å². The molecule has 5 nitrogen and oxygen atoms in total. The minimum absolute atomic E-state index is 0.249. The molecule has 4 rings (SSSR count). The number of nitrogens with zero attached hydrogens (tertiary/aromatic N) is 1. The van der Waals surface area contributed by atoms with Crippen LogP contribution in [0, 0.1) is 6.92 Å². The van der Waals surface area contributed by atoms with Gasteiger partial charge in [0.2, 0.25) is 0 Å². The van der Waals surface area contributed by atoms with Crippen LogP contribution < -0.4 is 9.47 Å². The molecule has 168 valence electrons. The molecule has 0 radical (unpaired) electrons. The van der Waals surface area contributed by atoms with E-state index in [0.29, 0.717) is 23.9 Å². The van der Waals surface area contributed by atoms with Crippen LogP contribution in [0.15, 0.2) is 82.2 Å². The van der Waals surface area contributed by atoms with Crippen molar-refractivity contribution in [2.45, 2.75) is 13.5 Å². The van der Waals surface area contributed by atoms with Gasteiger partial charge < -0.3 is 9.47 Å². The van der Waals surface area contributed by atoms with Crippen LogP contribution in [0.3, 0.4) is 0 Å². The van der Waals surface area contributed by atoms with Crippen LogP contribution in [0.25, 0.3) is 6.08 Å². The molecule has 1 heterocycles. The minimum Gasteiger partial charge on any atom is -0.490 e. The Morgan fingerprint density at radius 1 is 0.909 bits per heavy atom. The number of imide groups is 1. The predicted molar refractivity (Wildman–Crippen MR) is 134 cm³/mol. The lowest BCUT2D eigenvalue weighted by atomic mass is 10.2. The molecule has 2 amide bonds. The average Bonchev–Trinajstić information content (AvgIpc) is 3.07. The number of aryl methyl sites for hydroxylation is 1. The lowest BCUT2D eigenvalue weighted by Gasteiger charge is -2.12. The lowest BCUT2D eigenvalue weighted by molar-refractivity contribution is -0.123. The first-order valence-electron chi connectivity index (χ1n) is 10.4. The number of ether oxygens (including phenoxy) is 2. The Morgan fingerprint density at radius 3 is 2.33 bits per heavy atom. The molecule has 3 aromatic carbocycles. The second-order valence-corrected chi connectivity index (χ2v) is 9.39. The Kier molecular flexibility index (Phi) is 7.52. The van der Waals surface area contributed by atoms with E-state index in [2.05, 4.69) is 15.9 Å². The zero-order chi connectivity index (χ0) is 23.2. The number of carbonyl (C=O) groups is 2. The molecular formula is C26H22BrNO4S. The molecule has 1 aliphatic rings. The van der Waals surface area contributed by atoms with Crippen molar-refractivity contribution in [1.82, 2.24) is 4.90 Å². The quantitative estimate of drug-likeness (QED) is 0.250. The molecule has 3 aromatic rings. The fourth-order valence-electron chi connectivity index (χ4n) is 3.21. The van der Waals surface area contributed by atoms with Gasteiger partial charge in [0, 0.05) is 4.47 Å². The number of amides is 2. The number of halogens is 1. The van der Waals surface area contributed by atoms with Crippen molar-refractivity contribution in [3.63, 3.8) is 0 Å². The fraction of sp³-hybridized carbons (Fsp3) is 0.154. The molecule has 0 aliphatic carbocycles. The second kappa shape index (κ2) is 10.7. The van der Waals surface area contributed by atoms with E-state index < -0.39 is 0 Å². The van der Waals surface area contributed by atoms with Gasteiger partial charge in [-0.3, -0.25) is 14.5 Å². The van der Waals surface area contributed by atoms with E-state index in [1.807, 2.05) is 79.7 Å². The van der Waals surface area contributed by atoms with Gasteiger partial charge >= 0.3 is 0 Å². The van der Waals surface area contributed by atoms with Gasteiger partial charge in [-0.25, -0.2) is 0 Å². The van der Waals surface area contributed by atoms with Crippen LogP contribution in [-0.4, -0.2) is 29.3 Å². The maximum absolute atomic E-state index is 12.8. The molecule has 0 N–H and O–H groups in total. The Labute approximate surface area is 205 Å². The van der Waals surface area contributed by atoms with Crippen LogP contribution in [0.4, 0.5) is 4.79 Å². The lowest BCUT2D eigenvalue weighted by Crippen LogP contribution is -2.27. The van der Waals surface area contributed by atoms with E-state index in [9.17, 15) is 9.59 Å². The van der Waals surface area contributed by atoms with Crippen molar-refractivity contribution in [2.24, 2.45) is 0 Å². The first-order valence-corrected chi connectivity index (χ1v) is 12.0.